The molecule has 0 bridgehead atoms. The number of hydrogen-bond donors (Lipinski definition) is 2. The molecule has 0 saturated heterocycles. The summed E-state index contributed by atoms with van der Waals surface area (Å²) < 4.78 is 52.2. The lowest BCUT2D eigenvalue weighted by Crippen LogP contribution is -2.32. The number of rotatable bonds is 5. The molecule has 210 valence electrons. The Morgan fingerprint density at radius 1 is 0.854 bits per heavy atom. The molecule has 0 spiro atoms. The molecule has 2 N–H and O–H groups in total. The van der Waals surface area contributed by atoms with Gasteiger partial charge >= 0.3 is 6.18 Å². The van der Waals surface area contributed by atoms with Crippen molar-refractivity contribution in [3.63, 3.8) is 0 Å². The third-order valence-electron chi connectivity index (χ3n) is 7.75. The summed E-state index contributed by atoms with van der Waals surface area (Å²) in [5.41, 5.74) is 2.02. The number of para-hydroxylation sites is 1. The van der Waals surface area contributed by atoms with Gasteiger partial charge in [0.2, 0.25) is 0 Å². The summed E-state index contributed by atoms with van der Waals surface area (Å²) >= 11 is 0. The normalized spacial score (nSPS) is 18.4. The van der Waals surface area contributed by atoms with Crippen molar-refractivity contribution in [2.45, 2.75) is 30.9 Å². The SMILES string of the molecule is COc1ccc([C@@H]2CC(=O)C3=C(C2)Nc2[nH]n(-c4ccccc4)c(=O)c2[C@H]3c2ccc(C(F)(F)F)cc2)cc1OC. The Kier molecular flexibility index (Phi) is 6.48. The first-order chi connectivity index (χ1) is 19.7. The minimum Gasteiger partial charge on any atom is -0.493 e. The number of carbonyl (C=O) groups is 1. The molecule has 0 fully saturated rings. The first kappa shape index (κ1) is 26.5. The van der Waals surface area contributed by atoms with Crippen molar-refractivity contribution in [1.29, 1.82) is 0 Å². The zero-order valence-corrected chi connectivity index (χ0v) is 22.2. The van der Waals surface area contributed by atoms with E-state index < -0.39 is 17.7 Å². The van der Waals surface area contributed by atoms with Gasteiger partial charge in [-0.3, -0.25) is 14.7 Å². The molecule has 4 aromatic rings. The van der Waals surface area contributed by atoms with Gasteiger partial charge < -0.3 is 14.8 Å². The zero-order chi connectivity index (χ0) is 28.9. The molecule has 2 heterocycles. The standard InChI is InChI=1S/C31H26F3N3O4/c1-40-24-13-10-18(16-25(24)41-2)19-14-22-27(23(38)15-19)26(17-8-11-20(12-9-17)31(32,33)34)28-29(35-22)36-37(30(28)39)21-6-4-3-5-7-21/h3-13,16,19,26,35-36H,14-15H2,1-2H3/t19-,26-/m0/s1. The summed E-state index contributed by atoms with van der Waals surface area (Å²) in [4.78, 5) is 27.6. The van der Waals surface area contributed by atoms with Crippen molar-refractivity contribution in [2.75, 3.05) is 19.5 Å². The van der Waals surface area contributed by atoms with Crippen molar-refractivity contribution < 1.29 is 27.4 Å². The van der Waals surface area contributed by atoms with E-state index in [0.29, 0.717) is 46.3 Å². The first-order valence-electron chi connectivity index (χ1n) is 13.0. The molecule has 0 saturated carbocycles. The third kappa shape index (κ3) is 4.59. The number of allylic oxidation sites excluding steroid dienone is 2. The Morgan fingerprint density at radius 2 is 1.54 bits per heavy atom. The highest BCUT2D eigenvalue weighted by Gasteiger charge is 2.41. The lowest BCUT2D eigenvalue weighted by molar-refractivity contribution is -0.137. The Bertz CT molecular complexity index is 1720. The molecule has 41 heavy (non-hydrogen) atoms. The highest BCUT2D eigenvalue weighted by Crippen LogP contribution is 2.47. The monoisotopic (exact) mass is 561 g/mol. The number of nitrogens with zero attached hydrogens (tertiary/aromatic N) is 1. The number of anilines is 1. The van der Waals surface area contributed by atoms with Crippen molar-refractivity contribution in [3.05, 3.63) is 117 Å². The minimum absolute atomic E-state index is 0.166. The Morgan fingerprint density at radius 3 is 2.20 bits per heavy atom. The molecule has 10 heteroatoms. The van der Waals surface area contributed by atoms with Crippen molar-refractivity contribution in [2.24, 2.45) is 0 Å². The molecule has 1 aliphatic carbocycles. The third-order valence-corrected chi connectivity index (χ3v) is 7.75. The predicted octanol–water partition coefficient (Wildman–Crippen LogP) is 6.16. The van der Waals surface area contributed by atoms with E-state index >= 15 is 0 Å². The molecular formula is C31H26F3N3O4. The predicted molar refractivity (Wildman–Crippen MR) is 147 cm³/mol. The fraction of sp³-hybridized carbons (Fsp3) is 0.226. The number of carbonyl (C=O) groups excluding carboxylic acids is 1. The summed E-state index contributed by atoms with van der Waals surface area (Å²) in [6, 6.07) is 19.1. The summed E-state index contributed by atoms with van der Waals surface area (Å²) in [6.07, 6.45) is -3.89. The van der Waals surface area contributed by atoms with Gasteiger partial charge in [0.15, 0.2) is 17.3 Å². The van der Waals surface area contributed by atoms with Crippen LogP contribution >= 0.6 is 0 Å². The van der Waals surface area contributed by atoms with Crippen LogP contribution in [0.3, 0.4) is 0 Å². The van der Waals surface area contributed by atoms with Crippen LogP contribution in [0.25, 0.3) is 5.69 Å². The molecule has 2 aliphatic rings. The van der Waals surface area contributed by atoms with Crippen molar-refractivity contribution >= 4 is 11.6 Å². The van der Waals surface area contributed by atoms with E-state index in [9.17, 15) is 22.8 Å². The number of methoxy groups -OCH3 is 2. The van der Waals surface area contributed by atoms with Gasteiger partial charge in [0.25, 0.3) is 5.56 Å². The molecule has 1 aromatic heterocycles. The number of nitrogens with one attached hydrogen (secondary N) is 2. The molecule has 0 amide bonds. The number of fused-ring (bicyclic) bond motifs is 1. The second kappa shape index (κ2) is 10.0. The number of halogens is 3. The van der Waals surface area contributed by atoms with Gasteiger partial charge in [-0.2, -0.15) is 13.2 Å². The number of Topliss-reactive ketones (excluding diaryl/α,β-unsaturated/α-hetero) is 1. The number of aromatic amines is 1. The summed E-state index contributed by atoms with van der Waals surface area (Å²) in [5, 5.41) is 6.41. The molecular weight excluding hydrogens is 535 g/mol. The second-order valence-electron chi connectivity index (χ2n) is 10.1. The van der Waals surface area contributed by atoms with Crippen LogP contribution in [0.4, 0.5) is 19.0 Å². The second-order valence-corrected chi connectivity index (χ2v) is 10.1. The van der Waals surface area contributed by atoms with Gasteiger partial charge in [-0.15, -0.1) is 0 Å². The quantitative estimate of drug-likeness (QED) is 0.305. The lowest BCUT2D eigenvalue weighted by atomic mass is 9.72. The van der Waals surface area contributed by atoms with Crippen LogP contribution in [0.2, 0.25) is 0 Å². The van der Waals surface area contributed by atoms with E-state index in [-0.39, 0.29) is 29.2 Å². The van der Waals surface area contributed by atoms with Crippen molar-refractivity contribution in [1.82, 2.24) is 9.78 Å². The van der Waals surface area contributed by atoms with Crippen LogP contribution in [-0.2, 0) is 11.0 Å². The van der Waals surface area contributed by atoms with Crippen LogP contribution in [0.15, 0.2) is 88.9 Å². The van der Waals surface area contributed by atoms with Crippen LogP contribution in [0.5, 0.6) is 11.5 Å². The number of alkyl halides is 3. The number of ketones is 1. The number of ether oxygens (including phenoxy) is 2. The van der Waals surface area contributed by atoms with Crippen LogP contribution in [0, 0.1) is 0 Å². The van der Waals surface area contributed by atoms with Gasteiger partial charge in [-0.05, 0) is 59.9 Å². The van der Waals surface area contributed by atoms with Crippen LogP contribution < -0.4 is 20.3 Å². The Labute approximate surface area is 233 Å². The average molecular weight is 562 g/mol. The fourth-order valence-electron chi connectivity index (χ4n) is 5.79. The van der Waals surface area contributed by atoms with Crippen LogP contribution in [-0.4, -0.2) is 29.8 Å². The largest absolute Gasteiger partial charge is 0.493 e. The molecule has 7 nitrogen and oxygen atoms in total. The Hall–Kier alpha value is -4.73. The van der Waals surface area contributed by atoms with Crippen molar-refractivity contribution in [3.8, 4) is 17.2 Å². The zero-order valence-electron chi connectivity index (χ0n) is 22.2. The van der Waals surface area contributed by atoms with Gasteiger partial charge in [-0.1, -0.05) is 36.4 Å². The topological polar surface area (TPSA) is 85.4 Å². The summed E-state index contributed by atoms with van der Waals surface area (Å²) in [7, 11) is 3.09. The van der Waals surface area contributed by atoms with E-state index in [4.69, 9.17) is 9.47 Å². The fourth-order valence-corrected chi connectivity index (χ4v) is 5.79. The average Bonchev–Trinajstić information content (AvgIpc) is 3.31. The van der Waals surface area contributed by atoms with Gasteiger partial charge in [0, 0.05) is 23.6 Å². The highest BCUT2D eigenvalue weighted by molar-refractivity contribution is 6.01. The summed E-state index contributed by atoms with van der Waals surface area (Å²) in [6.45, 7) is 0. The van der Waals surface area contributed by atoms with E-state index in [1.54, 1.807) is 44.6 Å². The Balaban J connectivity index is 1.47. The number of H-pyrrole nitrogens is 1. The molecule has 1 aliphatic heterocycles. The van der Waals surface area contributed by atoms with E-state index in [1.807, 2.05) is 18.2 Å². The minimum atomic E-state index is -4.51. The maximum atomic E-state index is 13.8. The van der Waals surface area contributed by atoms with Gasteiger partial charge in [0.1, 0.15) is 5.82 Å². The summed E-state index contributed by atoms with van der Waals surface area (Å²) in [5.74, 6) is 0.315. The van der Waals surface area contributed by atoms with E-state index in [1.165, 1.54) is 16.8 Å². The number of benzene rings is 3. The maximum absolute atomic E-state index is 13.8. The molecule has 3 aromatic carbocycles. The van der Waals surface area contributed by atoms with Gasteiger partial charge in [0.05, 0.1) is 31.0 Å². The maximum Gasteiger partial charge on any atom is 0.416 e. The van der Waals surface area contributed by atoms with E-state index in [2.05, 4.69) is 10.4 Å². The molecule has 0 radical (unpaired) electrons. The van der Waals surface area contributed by atoms with Crippen LogP contribution in [0.1, 0.15) is 46.9 Å². The highest BCUT2D eigenvalue weighted by atomic mass is 19.4. The number of hydrogen-bond acceptors (Lipinski definition) is 5. The molecule has 0 unspecified atom stereocenters. The smallest absolute Gasteiger partial charge is 0.416 e. The molecule has 6 rings (SSSR count). The number of aromatic nitrogens is 2. The van der Waals surface area contributed by atoms with E-state index in [0.717, 1.165) is 17.7 Å². The first-order valence-corrected chi connectivity index (χ1v) is 13.0. The molecule has 2 atom stereocenters. The lowest BCUT2D eigenvalue weighted by Gasteiger charge is -2.34. The van der Waals surface area contributed by atoms with Gasteiger partial charge in [-0.25, -0.2) is 4.68 Å².